The number of benzene rings is 1. The third-order valence-electron chi connectivity index (χ3n) is 3.47. The van der Waals surface area contributed by atoms with Crippen molar-refractivity contribution in [3.8, 4) is 5.69 Å². The van der Waals surface area contributed by atoms with Crippen LogP contribution in [-0.4, -0.2) is 15.7 Å². The van der Waals surface area contributed by atoms with Gasteiger partial charge in [0.05, 0.1) is 11.4 Å². The zero-order valence-corrected chi connectivity index (χ0v) is 14.2. The average molecular weight is 336 g/mol. The first kappa shape index (κ1) is 15.4. The number of anilines is 1. The molecule has 0 bridgehead atoms. The van der Waals surface area contributed by atoms with Gasteiger partial charge in [-0.25, -0.2) is 4.68 Å². The summed E-state index contributed by atoms with van der Waals surface area (Å²) in [6, 6.07) is 7.49. The number of aromatic nitrogens is 2. The quantitative estimate of drug-likeness (QED) is 0.908. The summed E-state index contributed by atoms with van der Waals surface area (Å²) in [6.45, 7) is 4.08. The molecule has 2 aromatic rings. The fourth-order valence-electron chi connectivity index (χ4n) is 2.46. The summed E-state index contributed by atoms with van der Waals surface area (Å²) in [4.78, 5) is 12.2. The molecule has 0 atom stereocenters. The van der Waals surface area contributed by atoms with Gasteiger partial charge in [0.1, 0.15) is 5.82 Å². The first-order valence-electron chi connectivity index (χ1n) is 7.29. The fourth-order valence-corrected chi connectivity index (χ4v) is 3.63. The second-order valence-electron chi connectivity index (χ2n) is 5.80. The minimum absolute atomic E-state index is 0.0322. The Morgan fingerprint density at radius 2 is 2.09 bits per heavy atom. The fraction of sp³-hybridized carbons (Fsp3) is 0.375. The van der Waals surface area contributed by atoms with E-state index in [1.807, 2.05) is 54.6 Å². The minimum Gasteiger partial charge on any atom is -0.310 e. The molecule has 116 valence electrons. The lowest BCUT2D eigenvalue weighted by molar-refractivity contribution is -0.116. The van der Waals surface area contributed by atoms with Crippen molar-refractivity contribution in [3.63, 3.8) is 0 Å². The van der Waals surface area contributed by atoms with Crippen molar-refractivity contribution in [1.29, 1.82) is 0 Å². The van der Waals surface area contributed by atoms with Crippen LogP contribution in [0.2, 0.25) is 5.02 Å². The van der Waals surface area contributed by atoms with Gasteiger partial charge in [-0.05, 0) is 30.2 Å². The number of rotatable bonds is 4. The first-order chi connectivity index (χ1) is 10.5. The van der Waals surface area contributed by atoms with Crippen molar-refractivity contribution >= 4 is 35.1 Å². The highest BCUT2D eigenvalue weighted by molar-refractivity contribution is 7.98. The van der Waals surface area contributed by atoms with Crippen LogP contribution in [0.15, 0.2) is 24.3 Å². The first-order valence-corrected chi connectivity index (χ1v) is 8.82. The molecule has 1 N–H and O–H groups in total. The van der Waals surface area contributed by atoms with Gasteiger partial charge < -0.3 is 5.32 Å². The standard InChI is InChI=1S/C16H18ClN3OS/c1-10(2)7-15(21)18-16-13-8-22-9-14(13)19-20(16)12-5-3-11(17)4-6-12/h3-6,10H,7-9H2,1-2H3,(H,18,21). The number of nitrogens with one attached hydrogen (secondary N) is 1. The van der Waals surface area contributed by atoms with E-state index in [4.69, 9.17) is 11.6 Å². The van der Waals surface area contributed by atoms with Crippen LogP contribution in [0, 0.1) is 5.92 Å². The van der Waals surface area contributed by atoms with Crippen LogP contribution in [0.25, 0.3) is 5.69 Å². The number of amides is 1. The van der Waals surface area contributed by atoms with Crippen molar-refractivity contribution in [1.82, 2.24) is 9.78 Å². The van der Waals surface area contributed by atoms with Crippen molar-refractivity contribution < 1.29 is 4.79 Å². The van der Waals surface area contributed by atoms with Crippen molar-refractivity contribution in [2.75, 3.05) is 5.32 Å². The molecular formula is C16H18ClN3OS. The van der Waals surface area contributed by atoms with Crippen molar-refractivity contribution in [3.05, 3.63) is 40.5 Å². The maximum absolute atomic E-state index is 12.2. The maximum atomic E-state index is 12.2. The number of carbonyl (C=O) groups excluding carboxylic acids is 1. The van der Waals surface area contributed by atoms with Crippen LogP contribution in [0.1, 0.15) is 31.5 Å². The number of carbonyl (C=O) groups is 1. The monoisotopic (exact) mass is 335 g/mol. The third-order valence-corrected chi connectivity index (χ3v) is 4.70. The van der Waals surface area contributed by atoms with Gasteiger partial charge in [0.2, 0.25) is 5.91 Å². The highest BCUT2D eigenvalue weighted by Gasteiger charge is 2.24. The molecule has 0 unspecified atom stereocenters. The molecule has 4 nitrogen and oxygen atoms in total. The summed E-state index contributed by atoms with van der Waals surface area (Å²) < 4.78 is 1.82. The molecule has 3 rings (SSSR count). The van der Waals surface area contributed by atoms with E-state index in [1.54, 1.807) is 0 Å². The van der Waals surface area contributed by atoms with Crippen LogP contribution >= 0.6 is 23.4 Å². The van der Waals surface area contributed by atoms with Gasteiger partial charge in [-0.15, -0.1) is 0 Å². The van der Waals surface area contributed by atoms with Gasteiger partial charge in [0, 0.05) is 28.5 Å². The number of hydrogen-bond acceptors (Lipinski definition) is 3. The van der Waals surface area contributed by atoms with Gasteiger partial charge in [-0.2, -0.15) is 16.9 Å². The summed E-state index contributed by atoms with van der Waals surface area (Å²) in [6.07, 6.45) is 0.508. The second-order valence-corrected chi connectivity index (χ2v) is 7.22. The van der Waals surface area contributed by atoms with E-state index in [0.717, 1.165) is 34.3 Å². The summed E-state index contributed by atoms with van der Waals surface area (Å²) >= 11 is 7.78. The SMILES string of the molecule is CC(C)CC(=O)Nc1c2c(nn1-c1ccc(Cl)cc1)CSC2. The normalized spacial score (nSPS) is 13.5. The van der Waals surface area contributed by atoms with Gasteiger partial charge in [-0.3, -0.25) is 4.79 Å². The van der Waals surface area contributed by atoms with Crippen LogP contribution in [0.4, 0.5) is 5.82 Å². The molecule has 1 aromatic carbocycles. The Morgan fingerprint density at radius 3 is 2.77 bits per heavy atom. The molecular weight excluding hydrogens is 318 g/mol. The number of hydrogen-bond donors (Lipinski definition) is 1. The van der Waals surface area contributed by atoms with Crippen LogP contribution in [0.3, 0.4) is 0 Å². The highest BCUT2D eigenvalue weighted by Crippen LogP contribution is 2.36. The zero-order valence-electron chi connectivity index (χ0n) is 12.6. The largest absolute Gasteiger partial charge is 0.310 e. The van der Waals surface area contributed by atoms with Gasteiger partial charge >= 0.3 is 0 Å². The molecule has 1 amide bonds. The zero-order chi connectivity index (χ0) is 15.7. The van der Waals surface area contributed by atoms with Crippen molar-refractivity contribution in [2.45, 2.75) is 31.8 Å². The minimum atomic E-state index is 0.0322. The van der Waals surface area contributed by atoms with Crippen molar-refractivity contribution in [2.24, 2.45) is 5.92 Å². The van der Waals surface area contributed by atoms with E-state index in [0.29, 0.717) is 17.4 Å². The second kappa shape index (κ2) is 6.34. The number of nitrogens with zero attached hydrogens (tertiary/aromatic N) is 2. The molecule has 0 spiro atoms. The molecule has 1 aliphatic rings. The Balaban J connectivity index is 1.96. The molecule has 6 heteroatoms. The predicted molar refractivity (Wildman–Crippen MR) is 91.7 cm³/mol. The Labute approximate surface area is 139 Å². The van der Waals surface area contributed by atoms with E-state index in [1.165, 1.54) is 0 Å². The Hall–Kier alpha value is -1.46. The summed E-state index contributed by atoms with van der Waals surface area (Å²) in [5.41, 5.74) is 3.10. The predicted octanol–water partition coefficient (Wildman–Crippen LogP) is 4.26. The van der Waals surface area contributed by atoms with E-state index >= 15 is 0 Å². The molecule has 0 saturated heterocycles. The van der Waals surface area contributed by atoms with Crippen LogP contribution in [0.5, 0.6) is 0 Å². The van der Waals surface area contributed by atoms with E-state index in [2.05, 4.69) is 10.4 Å². The van der Waals surface area contributed by atoms with Gasteiger partial charge in [0.25, 0.3) is 0 Å². The molecule has 0 aliphatic carbocycles. The molecule has 0 saturated carbocycles. The lowest BCUT2D eigenvalue weighted by Crippen LogP contribution is -2.17. The summed E-state index contributed by atoms with van der Waals surface area (Å²) in [7, 11) is 0. The lowest BCUT2D eigenvalue weighted by Gasteiger charge is -2.12. The third kappa shape index (κ3) is 3.15. The van der Waals surface area contributed by atoms with Crippen LogP contribution in [-0.2, 0) is 16.3 Å². The number of fused-ring (bicyclic) bond motifs is 1. The van der Waals surface area contributed by atoms with E-state index in [-0.39, 0.29) is 5.91 Å². The molecule has 22 heavy (non-hydrogen) atoms. The van der Waals surface area contributed by atoms with E-state index < -0.39 is 0 Å². The summed E-state index contributed by atoms with van der Waals surface area (Å²) in [5, 5.41) is 8.40. The van der Waals surface area contributed by atoms with E-state index in [9.17, 15) is 4.79 Å². The Bertz CT molecular complexity index is 694. The van der Waals surface area contributed by atoms with Gasteiger partial charge in [-0.1, -0.05) is 25.4 Å². The Morgan fingerprint density at radius 1 is 1.36 bits per heavy atom. The molecule has 1 aromatic heterocycles. The lowest BCUT2D eigenvalue weighted by atomic mass is 10.1. The maximum Gasteiger partial charge on any atom is 0.225 e. The summed E-state index contributed by atoms with van der Waals surface area (Å²) in [5.74, 6) is 2.94. The molecule has 2 heterocycles. The molecule has 0 radical (unpaired) electrons. The van der Waals surface area contributed by atoms with Crippen LogP contribution < -0.4 is 5.32 Å². The number of halogens is 1. The molecule has 0 fully saturated rings. The molecule has 1 aliphatic heterocycles. The highest BCUT2D eigenvalue weighted by atomic mass is 35.5. The number of thioether (sulfide) groups is 1. The topological polar surface area (TPSA) is 46.9 Å². The van der Waals surface area contributed by atoms with Gasteiger partial charge in [0.15, 0.2) is 0 Å². The smallest absolute Gasteiger partial charge is 0.225 e. The average Bonchev–Trinajstić information content (AvgIpc) is 3.02. The Kier molecular flexibility index (Phi) is 4.45.